The fourth-order valence-electron chi connectivity index (χ4n) is 1.72. The first-order valence-electron chi connectivity index (χ1n) is 4.01. The van der Waals surface area contributed by atoms with Crippen LogP contribution in [0.5, 0.6) is 0 Å². The molecule has 3 aliphatic rings. The second kappa shape index (κ2) is 1.83. The Bertz CT molecular complexity index is 347. The van der Waals surface area contributed by atoms with Gasteiger partial charge in [0, 0.05) is 12.5 Å². The van der Waals surface area contributed by atoms with E-state index in [4.69, 9.17) is 9.47 Å². The van der Waals surface area contributed by atoms with Gasteiger partial charge in [-0.3, -0.25) is 0 Å². The van der Waals surface area contributed by atoms with Crippen molar-refractivity contribution in [2.75, 3.05) is 0 Å². The maximum atomic E-state index is 5.66. The van der Waals surface area contributed by atoms with E-state index in [9.17, 15) is 0 Å². The van der Waals surface area contributed by atoms with E-state index in [2.05, 4.69) is 6.08 Å². The Labute approximate surface area is 70.5 Å². The van der Waals surface area contributed by atoms with E-state index in [-0.39, 0.29) is 5.60 Å². The second-order valence-electron chi connectivity index (χ2n) is 3.12. The Morgan fingerprint density at radius 2 is 2.33 bits per heavy atom. The molecule has 0 aromatic carbocycles. The summed E-state index contributed by atoms with van der Waals surface area (Å²) in [6.45, 7) is 0. The fourth-order valence-corrected chi connectivity index (χ4v) is 1.72. The first-order chi connectivity index (χ1) is 5.89. The zero-order chi connectivity index (χ0) is 8.02. The fraction of sp³-hybridized carbons (Fsp3) is 0.200. The summed E-state index contributed by atoms with van der Waals surface area (Å²) < 4.78 is 11.1. The molecule has 0 aromatic heterocycles. The van der Waals surface area contributed by atoms with Gasteiger partial charge in [-0.1, -0.05) is 6.08 Å². The topological polar surface area (TPSA) is 18.5 Å². The highest BCUT2D eigenvalue weighted by Gasteiger charge is 2.44. The number of hydrogen-bond acceptors (Lipinski definition) is 2. The minimum atomic E-state index is -0.307. The molecule has 0 fully saturated rings. The summed E-state index contributed by atoms with van der Waals surface area (Å²) in [5.74, 6) is 1.84. The lowest BCUT2D eigenvalue weighted by atomic mass is 9.96. The number of allylic oxidation sites excluding steroid dienone is 3. The van der Waals surface area contributed by atoms with Crippen LogP contribution >= 0.6 is 0 Å². The lowest BCUT2D eigenvalue weighted by Crippen LogP contribution is -2.25. The second-order valence-corrected chi connectivity index (χ2v) is 3.12. The maximum absolute atomic E-state index is 5.66. The molecule has 60 valence electrons. The SMILES string of the molecule is C1=COC2=CC3=CCC2(C=C1)O3. The molecular weight excluding hydrogens is 152 g/mol. The van der Waals surface area contributed by atoms with Crippen LogP contribution in [-0.4, -0.2) is 5.60 Å². The largest absolute Gasteiger partial charge is 0.475 e. The standard InChI is InChI=1S/C10H8O2/c1-2-6-11-9-7-8-3-5-10(9,4-1)12-8/h1-4,6-7H,5H2. The van der Waals surface area contributed by atoms with Crippen molar-refractivity contribution in [3.05, 3.63) is 48.2 Å². The molecule has 2 heteroatoms. The van der Waals surface area contributed by atoms with E-state index in [0.29, 0.717) is 0 Å². The number of rotatable bonds is 0. The lowest BCUT2D eigenvalue weighted by Gasteiger charge is -2.21. The molecule has 1 spiro atoms. The van der Waals surface area contributed by atoms with Gasteiger partial charge < -0.3 is 9.47 Å². The predicted molar refractivity (Wildman–Crippen MR) is 44.0 cm³/mol. The van der Waals surface area contributed by atoms with Crippen molar-refractivity contribution < 1.29 is 9.47 Å². The van der Waals surface area contributed by atoms with E-state index >= 15 is 0 Å². The number of fused-ring (bicyclic) bond motifs is 1. The highest BCUT2D eigenvalue weighted by atomic mass is 16.6. The van der Waals surface area contributed by atoms with Gasteiger partial charge in [0.2, 0.25) is 0 Å². The first kappa shape index (κ1) is 6.12. The monoisotopic (exact) mass is 160 g/mol. The van der Waals surface area contributed by atoms with E-state index < -0.39 is 0 Å². The molecule has 12 heavy (non-hydrogen) atoms. The normalized spacial score (nSPS) is 34.7. The molecule has 0 saturated carbocycles. The van der Waals surface area contributed by atoms with Gasteiger partial charge in [0.25, 0.3) is 0 Å². The molecule has 0 saturated heterocycles. The van der Waals surface area contributed by atoms with Crippen molar-refractivity contribution in [3.63, 3.8) is 0 Å². The summed E-state index contributed by atoms with van der Waals surface area (Å²) in [4.78, 5) is 0. The van der Waals surface area contributed by atoms with Crippen LogP contribution in [0.25, 0.3) is 0 Å². The Kier molecular flexibility index (Phi) is 0.933. The van der Waals surface area contributed by atoms with Gasteiger partial charge in [0.05, 0.1) is 6.26 Å². The van der Waals surface area contributed by atoms with Crippen molar-refractivity contribution in [1.82, 2.24) is 0 Å². The molecule has 0 radical (unpaired) electrons. The molecule has 1 unspecified atom stereocenters. The molecule has 1 atom stereocenters. The summed E-state index contributed by atoms with van der Waals surface area (Å²) in [5.41, 5.74) is -0.307. The summed E-state index contributed by atoms with van der Waals surface area (Å²) in [6, 6.07) is 0. The van der Waals surface area contributed by atoms with Gasteiger partial charge in [-0.2, -0.15) is 0 Å². The maximum Gasteiger partial charge on any atom is 0.188 e. The van der Waals surface area contributed by atoms with Crippen LogP contribution < -0.4 is 0 Å². The predicted octanol–water partition coefficient (Wildman–Crippen LogP) is 2.03. The summed E-state index contributed by atoms with van der Waals surface area (Å²) >= 11 is 0. The van der Waals surface area contributed by atoms with Crippen LogP contribution in [0.3, 0.4) is 0 Å². The van der Waals surface area contributed by atoms with Crippen molar-refractivity contribution in [2.24, 2.45) is 0 Å². The minimum Gasteiger partial charge on any atom is -0.475 e. The molecule has 3 rings (SSSR count). The Morgan fingerprint density at radius 3 is 3.25 bits per heavy atom. The zero-order valence-corrected chi connectivity index (χ0v) is 6.49. The van der Waals surface area contributed by atoms with E-state index in [1.807, 2.05) is 24.3 Å². The van der Waals surface area contributed by atoms with Crippen molar-refractivity contribution in [1.29, 1.82) is 0 Å². The van der Waals surface area contributed by atoms with Gasteiger partial charge in [-0.25, -0.2) is 0 Å². The molecule has 3 heterocycles. The minimum absolute atomic E-state index is 0.307. The Balaban J connectivity index is 2.14. The first-order valence-corrected chi connectivity index (χ1v) is 4.01. The van der Waals surface area contributed by atoms with Crippen LogP contribution in [0, 0.1) is 0 Å². The van der Waals surface area contributed by atoms with Crippen molar-refractivity contribution in [3.8, 4) is 0 Å². The Morgan fingerprint density at radius 1 is 1.33 bits per heavy atom. The summed E-state index contributed by atoms with van der Waals surface area (Å²) in [7, 11) is 0. The number of hydrogen-bond donors (Lipinski definition) is 0. The molecule has 0 aromatic rings. The van der Waals surface area contributed by atoms with Crippen molar-refractivity contribution in [2.45, 2.75) is 12.0 Å². The van der Waals surface area contributed by atoms with E-state index in [1.54, 1.807) is 6.26 Å². The van der Waals surface area contributed by atoms with Gasteiger partial charge in [-0.15, -0.1) is 0 Å². The van der Waals surface area contributed by atoms with Gasteiger partial charge >= 0.3 is 0 Å². The average molecular weight is 160 g/mol. The third kappa shape index (κ3) is 0.600. The highest BCUT2D eigenvalue weighted by Crippen LogP contribution is 2.44. The van der Waals surface area contributed by atoms with Gasteiger partial charge in [0.1, 0.15) is 5.76 Å². The molecule has 2 nitrogen and oxygen atoms in total. The average Bonchev–Trinajstić information content (AvgIpc) is 2.55. The molecule has 3 aliphatic heterocycles. The lowest BCUT2D eigenvalue weighted by molar-refractivity contribution is 0.0886. The van der Waals surface area contributed by atoms with E-state index in [0.717, 1.165) is 17.9 Å². The molecule has 0 N–H and O–H groups in total. The molecule has 2 bridgehead atoms. The number of ether oxygens (including phenoxy) is 2. The van der Waals surface area contributed by atoms with Crippen molar-refractivity contribution >= 4 is 0 Å². The van der Waals surface area contributed by atoms with Crippen LogP contribution in [0.4, 0.5) is 0 Å². The molecular formula is C10H8O2. The Hall–Kier alpha value is -1.44. The summed E-state index contributed by atoms with van der Waals surface area (Å²) in [5, 5.41) is 0. The van der Waals surface area contributed by atoms with Crippen LogP contribution in [-0.2, 0) is 9.47 Å². The van der Waals surface area contributed by atoms with Crippen LogP contribution in [0.15, 0.2) is 48.2 Å². The quantitative estimate of drug-likeness (QED) is 0.539. The third-order valence-corrected chi connectivity index (χ3v) is 2.35. The van der Waals surface area contributed by atoms with Crippen LogP contribution in [0.1, 0.15) is 6.42 Å². The molecule has 0 aliphatic carbocycles. The smallest absolute Gasteiger partial charge is 0.188 e. The summed E-state index contributed by atoms with van der Waals surface area (Å²) in [6.07, 6.45) is 12.5. The zero-order valence-electron chi connectivity index (χ0n) is 6.49. The van der Waals surface area contributed by atoms with Gasteiger partial charge in [-0.05, 0) is 18.2 Å². The third-order valence-electron chi connectivity index (χ3n) is 2.35. The van der Waals surface area contributed by atoms with Crippen LogP contribution in [0.2, 0.25) is 0 Å². The molecule has 0 amide bonds. The van der Waals surface area contributed by atoms with E-state index in [1.165, 1.54) is 0 Å². The van der Waals surface area contributed by atoms with Gasteiger partial charge in [0.15, 0.2) is 11.4 Å². The highest BCUT2D eigenvalue weighted by molar-refractivity contribution is 5.42.